The van der Waals surface area contributed by atoms with E-state index in [0.29, 0.717) is 0 Å². The van der Waals surface area contributed by atoms with Gasteiger partial charge in [-0.1, -0.05) is 0 Å². The largest absolute Gasteiger partial charge is 0.321 e. The molecule has 0 bridgehead atoms. The van der Waals surface area contributed by atoms with Crippen LogP contribution in [0.15, 0.2) is 35.8 Å². The predicted octanol–water partition coefficient (Wildman–Crippen LogP) is 3.05. The van der Waals surface area contributed by atoms with Crippen molar-refractivity contribution < 1.29 is 4.39 Å². The van der Waals surface area contributed by atoms with Gasteiger partial charge in [-0.05, 0) is 24.3 Å². The molecule has 2 aromatic rings. The lowest BCUT2D eigenvalue weighted by atomic mass is 10.3. The Bertz CT molecular complexity index is 397. The van der Waals surface area contributed by atoms with Crippen LogP contribution in [0.4, 0.5) is 15.2 Å². The zero-order chi connectivity index (χ0) is 9.97. The average molecular weight is 208 g/mol. The van der Waals surface area contributed by atoms with Gasteiger partial charge in [-0.15, -0.1) is 11.3 Å². The summed E-state index contributed by atoms with van der Waals surface area (Å²) in [5.41, 5.74) is 0.932. The fourth-order valence-corrected chi connectivity index (χ4v) is 1.79. The molecule has 2 nitrogen and oxygen atoms in total. The number of aromatic nitrogens is 1. The minimum Gasteiger partial charge on any atom is -0.321 e. The van der Waals surface area contributed by atoms with Crippen molar-refractivity contribution in [2.75, 3.05) is 11.9 Å². The molecule has 1 aromatic carbocycles. The Labute approximate surface area is 85.6 Å². The maximum absolute atomic E-state index is 12.7. The fraction of sp³-hybridized carbons (Fsp3) is 0.100. The highest BCUT2D eigenvalue weighted by molar-refractivity contribution is 7.13. The zero-order valence-electron chi connectivity index (χ0n) is 7.64. The number of rotatable bonds is 2. The van der Waals surface area contributed by atoms with Crippen molar-refractivity contribution in [3.63, 3.8) is 0 Å². The summed E-state index contributed by atoms with van der Waals surface area (Å²) in [6.07, 6.45) is 1.75. The molecule has 0 spiro atoms. The van der Waals surface area contributed by atoms with Gasteiger partial charge in [0.2, 0.25) is 0 Å². The fourth-order valence-electron chi connectivity index (χ4n) is 1.16. The quantitative estimate of drug-likeness (QED) is 0.754. The summed E-state index contributed by atoms with van der Waals surface area (Å²) in [6, 6.07) is 6.35. The number of anilines is 2. The highest BCUT2D eigenvalue weighted by Gasteiger charge is 2.05. The molecular formula is C10H9FN2S. The molecule has 0 N–H and O–H groups in total. The Morgan fingerprint density at radius 3 is 2.57 bits per heavy atom. The van der Waals surface area contributed by atoms with E-state index >= 15 is 0 Å². The summed E-state index contributed by atoms with van der Waals surface area (Å²) < 4.78 is 12.7. The molecule has 0 unspecified atom stereocenters. The molecule has 1 heterocycles. The number of thiazole rings is 1. The van der Waals surface area contributed by atoms with Gasteiger partial charge in [0.25, 0.3) is 0 Å². The molecule has 2 rings (SSSR count). The predicted molar refractivity (Wildman–Crippen MR) is 56.6 cm³/mol. The lowest BCUT2D eigenvalue weighted by Gasteiger charge is -2.15. The maximum Gasteiger partial charge on any atom is 0.189 e. The monoisotopic (exact) mass is 208 g/mol. The number of benzene rings is 1. The first-order valence-corrected chi connectivity index (χ1v) is 5.04. The van der Waals surface area contributed by atoms with Gasteiger partial charge in [0.15, 0.2) is 5.13 Å². The van der Waals surface area contributed by atoms with Gasteiger partial charge in [-0.3, -0.25) is 0 Å². The molecule has 0 aliphatic carbocycles. The molecule has 72 valence electrons. The molecule has 0 fully saturated rings. The summed E-state index contributed by atoms with van der Waals surface area (Å²) in [7, 11) is 1.91. The van der Waals surface area contributed by atoms with Crippen molar-refractivity contribution in [1.29, 1.82) is 0 Å². The lowest BCUT2D eigenvalue weighted by Crippen LogP contribution is -2.08. The van der Waals surface area contributed by atoms with Crippen molar-refractivity contribution in [3.8, 4) is 0 Å². The Morgan fingerprint density at radius 1 is 1.29 bits per heavy atom. The third kappa shape index (κ3) is 1.75. The average Bonchev–Trinajstić information content (AvgIpc) is 2.71. The minimum atomic E-state index is -0.221. The second kappa shape index (κ2) is 3.75. The van der Waals surface area contributed by atoms with Crippen molar-refractivity contribution in [1.82, 2.24) is 4.98 Å². The van der Waals surface area contributed by atoms with Crippen molar-refractivity contribution in [2.24, 2.45) is 0 Å². The van der Waals surface area contributed by atoms with E-state index in [1.807, 2.05) is 17.3 Å². The summed E-state index contributed by atoms with van der Waals surface area (Å²) in [6.45, 7) is 0. The normalized spacial score (nSPS) is 10.1. The Morgan fingerprint density at radius 2 is 2.00 bits per heavy atom. The maximum atomic E-state index is 12.7. The van der Waals surface area contributed by atoms with E-state index in [1.165, 1.54) is 12.1 Å². The number of hydrogen-bond donors (Lipinski definition) is 0. The van der Waals surface area contributed by atoms with Gasteiger partial charge in [0, 0.05) is 24.3 Å². The van der Waals surface area contributed by atoms with E-state index in [2.05, 4.69) is 4.98 Å². The summed E-state index contributed by atoms with van der Waals surface area (Å²) in [5, 5.41) is 2.81. The first-order chi connectivity index (χ1) is 6.77. The van der Waals surface area contributed by atoms with E-state index in [1.54, 1.807) is 29.7 Å². The highest BCUT2D eigenvalue weighted by atomic mass is 32.1. The molecule has 0 saturated carbocycles. The van der Waals surface area contributed by atoms with Crippen LogP contribution >= 0.6 is 11.3 Å². The molecule has 0 saturated heterocycles. The van der Waals surface area contributed by atoms with E-state index in [4.69, 9.17) is 0 Å². The highest BCUT2D eigenvalue weighted by Crippen LogP contribution is 2.24. The van der Waals surface area contributed by atoms with E-state index in [9.17, 15) is 4.39 Å². The standard InChI is InChI=1S/C10H9FN2S/c1-13(10-12-6-7-14-10)9-4-2-8(11)3-5-9/h2-7H,1H3. The van der Waals surface area contributed by atoms with Gasteiger partial charge < -0.3 is 4.90 Å². The van der Waals surface area contributed by atoms with Crippen LogP contribution in [-0.4, -0.2) is 12.0 Å². The van der Waals surface area contributed by atoms with Gasteiger partial charge in [0.1, 0.15) is 5.82 Å². The van der Waals surface area contributed by atoms with Gasteiger partial charge in [0.05, 0.1) is 0 Å². The summed E-state index contributed by atoms with van der Waals surface area (Å²) >= 11 is 1.55. The van der Waals surface area contributed by atoms with E-state index in [0.717, 1.165) is 10.8 Å². The SMILES string of the molecule is CN(c1ccc(F)cc1)c1nccs1. The van der Waals surface area contributed by atoms with E-state index in [-0.39, 0.29) is 5.82 Å². The molecule has 0 aliphatic rings. The second-order valence-electron chi connectivity index (χ2n) is 2.85. The molecule has 0 radical (unpaired) electrons. The van der Waals surface area contributed by atoms with Crippen LogP contribution in [0.5, 0.6) is 0 Å². The van der Waals surface area contributed by atoms with Crippen LogP contribution in [0.1, 0.15) is 0 Å². The molecule has 1 aromatic heterocycles. The van der Waals surface area contributed by atoms with Crippen molar-refractivity contribution in [3.05, 3.63) is 41.7 Å². The topological polar surface area (TPSA) is 16.1 Å². The molecular weight excluding hydrogens is 199 g/mol. The lowest BCUT2D eigenvalue weighted by molar-refractivity contribution is 0.628. The van der Waals surface area contributed by atoms with Crippen LogP contribution in [0.3, 0.4) is 0 Å². The first kappa shape index (κ1) is 9.15. The number of hydrogen-bond acceptors (Lipinski definition) is 3. The van der Waals surface area contributed by atoms with Gasteiger partial charge in [-0.25, -0.2) is 9.37 Å². The molecule has 0 amide bonds. The molecule has 0 aliphatic heterocycles. The number of halogens is 1. The third-order valence-corrected chi connectivity index (χ3v) is 2.77. The van der Waals surface area contributed by atoms with Crippen molar-refractivity contribution >= 4 is 22.2 Å². The molecule has 0 atom stereocenters. The smallest absolute Gasteiger partial charge is 0.189 e. The number of nitrogens with zero attached hydrogens (tertiary/aromatic N) is 2. The van der Waals surface area contributed by atoms with Crippen LogP contribution in [0.2, 0.25) is 0 Å². The molecule has 14 heavy (non-hydrogen) atoms. The molecule has 4 heteroatoms. The second-order valence-corrected chi connectivity index (χ2v) is 3.72. The van der Waals surface area contributed by atoms with Crippen molar-refractivity contribution in [2.45, 2.75) is 0 Å². The summed E-state index contributed by atoms with van der Waals surface area (Å²) in [4.78, 5) is 6.09. The van der Waals surface area contributed by atoms with Crippen LogP contribution in [0, 0.1) is 5.82 Å². The van der Waals surface area contributed by atoms with Crippen LogP contribution in [0.25, 0.3) is 0 Å². The zero-order valence-corrected chi connectivity index (χ0v) is 8.46. The first-order valence-electron chi connectivity index (χ1n) is 4.16. The Hall–Kier alpha value is -1.42. The van der Waals surface area contributed by atoms with Gasteiger partial charge in [-0.2, -0.15) is 0 Å². The third-order valence-electron chi connectivity index (χ3n) is 1.92. The minimum absolute atomic E-state index is 0.221. The van der Waals surface area contributed by atoms with Crippen LogP contribution < -0.4 is 4.90 Å². The Kier molecular flexibility index (Phi) is 2.45. The summed E-state index contributed by atoms with van der Waals surface area (Å²) in [5.74, 6) is -0.221. The Balaban J connectivity index is 2.28. The van der Waals surface area contributed by atoms with Gasteiger partial charge >= 0.3 is 0 Å². The van der Waals surface area contributed by atoms with Crippen LogP contribution in [-0.2, 0) is 0 Å². The van der Waals surface area contributed by atoms with E-state index < -0.39 is 0 Å².